The standard InChI is InChI=1S/C14H14BrF2N3/c1-4-10-7(2)13(18-3)20-14(19-10)8-5-6-9(16)12(17)11(8)15/h5-6H,4H2,1-3H3,(H,18,19,20). The molecule has 1 aromatic carbocycles. The zero-order chi connectivity index (χ0) is 14.9. The molecule has 0 amide bonds. The van der Waals surface area contributed by atoms with Crippen LogP contribution in [0.2, 0.25) is 0 Å². The number of hydrogen-bond donors (Lipinski definition) is 1. The minimum atomic E-state index is -0.935. The third kappa shape index (κ3) is 2.52. The molecule has 0 fully saturated rings. The topological polar surface area (TPSA) is 37.8 Å². The molecule has 1 heterocycles. The smallest absolute Gasteiger partial charge is 0.173 e. The van der Waals surface area contributed by atoms with E-state index in [1.54, 1.807) is 7.05 Å². The lowest BCUT2D eigenvalue weighted by atomic mass is 10.1. The van der Waals surface area contributed by atoms with Crippen molar-refractivity contribution >= 4 is 21.7 Å². The average molecular weight is 342 g/mol. The first-order chi connectivity index (χ1) is 9.49. The molecule has 0 aliphatic carbocycles. The van der Waals surface area contributed by atoms with Gasteiger partial charge in [-0.15, -0.1) is 0 Å². The third-order valence-electron chi connectivity index (χ3n) is 3.09. The predicted molar refractivity (Wildman–Crippen MR) is 78.7 cm³/mol. The van der Waals surface area contributed by atoms with E-state index in [4.69, 9.17) is 0 Å². The maximum absolute atomic E-state index is 13.6. The molecule has 6 heteroatoms. The number of benzene rings is 1. The lowest BCUT2D eigenvalue weighted by Crippen LogP contribution is -2.05. The van der Waals surface area contributed by atoms with E-state index in [0.717, 1.165) is 23.7 Å². The molecule has 0 aliphatic rings. The number of rotatable bonds is 3. The Morgan fingerprint density at radius 1 is 1.25 bits per heavy atom. The van der Waals surface area contributed by atoms with Gasteiger partial charge in [-0.1, -0.05) is 6.92 Å². The van der Waals surface area contributed by atoms with Crippen LogP contribution in [0.4, 0.5) is 14.6 Å². The summed E-state index contributed by atoms with van der Waals surface area (Å²) in [4.78, 5) is 8.79. The van der Waals surface area contributed by atoms with Gasteiger partial charge in [-0.05, 0) is 41.4 Å². The predicted octanol–water partition coefficient (Wildman–Crippen LogP) is 4.10. The van der Waals surface area contributed by atoms with Gasteiger partial charge in [0.25, 0.3) is 0 Å². The van der Waals surface area contributed by atoms with Crippen LogP contribution in [-0.4, -0.2) is 17.0 Å². The van der Waals surface area contributed by atoms with Gasteiger partial charge >= 0.3 is 0 Å². The molecule has 0 unspecified atom stereocenters. The zero-order valence-electron chi connectivity index (χ0n) is 11.4. The zero-order valence-corrected chi connectivity index (χ0v) is 13.0. The molecule has 106 valence electrons. The molecule has 0 saturated carbocycles. The fraction of sp³-hybridized carbons (Fsp3) is 0.286. The van der Waals surface area contributed by atoms with Crippen molar-refractivity contribution in [2.24, 2.45) is 0 Å². The van der Waals surface area contributed by atoms with Gasteiger partial charge in [0.2, 0.25) is 0 Å². The number of aromatic nitrogens is 2. The van der Waals surface area contributed by atoms with Gasteiger partial charge in [0, 0.05) is 23.9 Å². The first kappa shape index (κ1) is 14.8. The summed E-state index contributed by atoms with van der Waals surface area (Å²) in [5.74, 6) is -0.793. The third-order valence-corrected chi connectivity index (χ3v) is 3.87. The number of halogens is 3. The SMILES string of the molecule is CCc1nc(-c2ccc(F)c(F)c2Br)nc(NC)c1C. The van der Waals surface area contributed by atoms with Crippen LogP contribution in [0.3, 0.4) is 0 Å². The first-order valence-corrected chi connectivity index (χ1v) is 6.98. The minimum Gasteiger partial charge on any atom is -0.373 e. The van der Waals surface area contributed by atoms with E-state index in [2.05, 4.69) is 31.2 Å². The van der Waals surface area contributed by atoms with Gasteiger partial charge in [-0.3, -0.25) is 0 Å². The Kier molecular flexibility index (Phi) is 4.32. The van der Waals surface area contributed by atoms with Crippen molar-refractivity contribution in [3.63, 3.8) is 0 Å². The highest BCUT2D eigenvalue weighted by atomic mass is 79.9. The van der Waals surface area contributed by atoms with E-state index in [-0.39, 0.29) is 4.47 Å². The average Bonchev–Trinajstić information content (AvgIpc) is 2.45. The molecule has 2 aromatic rings. The van der Waals surface area contributed by atoms with Gasteiger partial charge in [-0.2, -0.15) is 0 Å². The van der Waals surface area contributed by atoms with Crippen molar-refractivity contribution in [2.45, 2.75) is 20.3 Å². The summed E-state index contributed by atoms with van der Waals surface area (Å²) >= 11 is 3.06. The van der Waals surface area contributed by atoms with E-state index in [0.29, 0.717) is 17.2 Å². The highest BCUT2D eigenvalue weighted by Crippen LogP contribution is 2.31. The van der Waals surface area contributed by atoms with Crippen LogP contribution in [0.25, 0.3) is 11.4 Å². The number of hydrogen-bond acceptors (Lipinski definition) is 3. The monoisotopic (exact) mass is 341 g/mol. The van der Waals surface area contributed by atoms with Crippen molar-refractivity contribution in [3.05, 3.63) is 39.5 Å². The maximum Gasteiger partial charge on any atom is 0.173 e. The Labute approximate surface area is 124 Å². The molecule has 1 N–H and O–H groups in total. The summed E-state index contributed by atoms with van der Waals surface area (Å²) in [6, 6.07) is 2.54. The highest BCUT2D eigenvalue weighted by molar-refractivity contribution is 9.10. The molecular weight excluding hydrogens is 328 g/mol. The van der Waals surface area contributed by atoms with Crippen molar-refractivity contribution in [1.82, 2.24) is 9.97 Å². The van der Waals surface area contributed by atoms with Gasteiger partial charge < -0.3 is 5.32 Å². The molecule has 0 bridgehead atoms. The molecule has 0 radical (unpaired) electrons. The van der Waals surface area contributed by atoms with Crippen LogP contribution >= 0.6 is 15.9 Å². The number of anilines is 1. The maximum atomic E-state index is 13.6. The second kappa shape index (κ2) is 5.83. The molecule has 2 rings (SSSR count). The summed E-state index contributed by atoms with van der Waals surface area (Å²) < 4.78 is 26.8. The summed E-state index contributed by atoms with van der Waals surface area (Å²) in [5, 5.41) is 2.99. The van der Waals surface area contributed by atoms with E-state index in [9.17, 15) is 8.78 Å². The van der Waals surface area contributed by atoms with Gasteiger partial charge in [0.1, 0.15) is 5.82 Å². The number of aryl methyl sites for hydroxylation is 1. The Bertz CT molecular complexity index is 634. The van der Waals surface area contributed by atoms with Crippen molar-refractivity contribution in [1.29, 1.82) is 0 Å². The largest absolute Gasteiger partial charge is 0.373 e. The molecular formula is C14H14BrF2N3. The van der Waals surface area contributed by atoms with E-state index in [1.807, 2.05) is 13.8 Å². The van der Waals surface area contributed by atoms with Gasteiger partial charge in [-0.25, -0.2) is 18.7 Å². The Hall–Kier alpha value is -1.56. The fourth-order valence-electron chi connectivity index (χ4n) is 1.97. The summed E-state index contributed by atoms with van der Waals surface area (Å²) in [7, 11) is 1.76. The van der Waals surface area contributed by atoms with Crippen molar-refractivity contribution in [2.75, 3.05) is 12.4 Å². The molecule has 0 saturated heterocycles. The van der Waals surface area contributed by atoms with Crippen LogP contribution in [0.15, 0.2) is 16.6 Å². The van der Waals surface area contributed by atoms with Crippen LogP contribution in [-0.2, 0) is 6.42 Å². The fourth-order valence-corrected chi connectivity index (χ4v) is 2.47. The lowest BCUT2D eigenvalue weighted by molar-refractivity contribution is 0.504. The quantitative estimate of drug-likeness (QED) is 0.854. The molecule has 0 atom stereocenters. The second-order valence-corrected chi connectivity index (χ2v) is 5.09. The van der Waals surface area contributed by atoms with Gasteiger partial charge in [0.15, 0.2) is 17.5 Å². The van der Waals surface area contributed by atoms with Crippen molar-refractivity contribution in [3.8, 4) is 11.4 Å². The molecule has 0 spiro atoms. The summed E-state index contributed by atoms with van der Waals surface area (Å²) in [6.07, 6.45) is 0.733. The molecule has 3 nitrogen and oxygen atoms in total. The lowest BCUT2D eigenvalue weighted by Gasteiger charge is -2.12. The Balaban J connectivity index is 2.67. The van der Waals surface area contributed by atoms with Gasteiger partial charge in [0.05, 0.1) is 4.47 Å². The van der Waals surface area contributed by atoms with E-state index < -0.39 is 11.6 Å². The summed E-state index contributed by atoms with van der Waals surface area (Å²) in [5.41, 5.74) is 2.25. The summed E-state index contributed by atoms with van der Waals surface area (Å²) in [6.45, 7) is 3.91. The normalized spacial score (nSPS) is 10.7. The van der Waals surface area contributed by atoms with Crippen LogP contribution < -0.4 is 5.32 Å². The molecule has 20 heavy (non-hydrogen) atoms. The Morgan fingerprint density at radius 3 is 2.55 bits per heavy atom. The molecule has 0 aliphatic heterocycles. The minimum absolute atomic E-state index is 0.0328. The van der Waals surface area contributed by atoms with Crippen LogP contribution in [0.5, 0.6) is 0 Å². The van der Waals surface area contributed by atoms with E-state index >= 15 is 0 Å². The van der Waals surface area contributed by atoms with Crippen LogP contribution in [0.1, 0.15) is 18.2 Å². The highest BCUT2D eigenvalue weighted by Gasteiger charge is 2.17. The number of nitrogens with zero attached hydrogens (tertiary/aromatic N) is 2. The van der Waals surface area contributed by atoms with E-state index in [1.165, 1.54) is 6.07 Å². The second-order valence-electron chi connectivity index (χ2n) is 4.29. The molecule has 1 aromatic heterocycles. The Morgan fingerprint density at radius 2 is 1.95 bits per heavy atom. The van der Waals surface area contributed by atoms with Crippen molar-refractivity contribution < 1.29 is 8.78 Å². The van der Waals surface area contributed by atoms with Crippen LogP contribution in [0, 0.1) is 18.6 Å². The first-order valence-electron chi connectivity index (χ1n) is 6.18. The number of nitrogens with one attached hydrogen (secondary N) is 1.